The standard InChI is InChI=1S/C14H16O4.2C14H18O2.CH4/c15-13(16)10-6-8-11(9-7-10)14(17)18-12-4-2-1-3-5-12;2*1-10-2-4-11(5-3-10)12-6-8-13(9-7-12)14(15)16;/h1-5,10-11H,6-9H2,(H,15,16);6-11H,2-5H2,1H3,(H,15,16);2-5,12-13H,6-9H2,1H3,(H,15,16);1H4. The summed E-state index contributed by atoms with van der Waals surface area (Å²) < 4.78 is 5.26. The molecular formula is C43H56O8. The molecule has 8 heteroatoms. The van der Waals surface area contributed by atoms with Crippen molar-refractivity contribution in [1.82, 2.24) is 0 Å². The highest BCUT2D eigenvalue weighted by Gasteiger charge is 2.31. The van der Waals surface area contributed by atoms with Crippen LogP contribution in [0.2, 0.25) is 0 Å². The summed E-state index contributed by atoms with van der Waals surface area (Å²) in [5, 5.41) is 26.6. The molecule has 3 aromatic rings. The number of esters is 1. The number of carboxylic acid groups (broad SMARTS) is 3. The molecule has 0 spiro atoms. The van der Waals surface area contributed by atoms with Crippen molar-refractivity contribution in [3.05, 3.63) is 101 Å². The highest BCUT2D eigenvalue weighted by atomic mass is 16.5. The van der Waals surface area contributed by atoms with E-state index in [-0.39, 0.29) is 31.1 Å². The smallest absolute Gasteiger partial charge is 0.335 e. The molecule has 51 heavy (non-hydrogen) atoms. The Labute approximate surface area is 303 Å². The first-order valence-corrected chi connectivity index (χ1v) is 18.1. The van der Waals surface area contributed by atoms with Gasteiger partial charge in [0.1, 0.15) is 5.75 Å². The number of aliphatic carboxylic acids is 2. The Morgan fingerprint density at radius 1 is 0.549 bits per heavy atom. The summed E-state index contributed by atoms with van der Waals surface area (Å²) >= 11 is 0. The second kappa shape index (κ2) is 20.4. The second-order valence-corrected chi connectivity index (χ2v) is 14.3. The molecule has 0 amide bonds. The number of carboxylic acids is 3. The van der Waals surface area contributed by atoms with Crippen molar-refractivity contribution in [3.8, 4) is 5.75 Å². The summed E-state index contributed by atoms with van der Waals surface area (Å²) in [6.45, 7) is 4.40. The Morgan fingerprint density at radius 3 is 1.41 bits per heavy atom. The number of rotatable bonds is 7. The van der Waals surface area contributed by atoms with E-state index in [4.69, 9.17) is 20.1 Å². The van der Waals surface area contributed by atoms with Crippen molar-refractivity contribution >= 4 is 23.9 Å². The van der Waals surface area contributed by atoms with Gasteiger partial charge in [0.15, 0.2) is 0 Å². The minimum Gasteiger partial charge on any atom is -0.481 e. The van der Waals surface area contributed by atoms with Crippen LogP contribution in [0.5, 0.6) is 5.75 Å². The fourth-order valence-corrected chi connectivity index (χ4v) is 7.27. The normalized spacial score (nSPS) is 24.1. The molecule has 3 saturated carbocycles. The fraction of sp³-hybridized carbons (Fsp3) is 0.488. The Morgan fingerprint density at radius 2 is 0.961 bits per heavy atom. The molecule has 0 saturated heterocycles. The van der Waals surface area contributed by atoms with Gasteiger partial charge in [-0.25, -0.2) is 4.79 Å². The van der Waals surface area contributed by atoms with E-state index in [1.54, 1.807) is 24.3 Å². The lowest BCUT2D eigenvalue weighted by molar-refractivity contribution is -0.146. The Kier molecular flexibility index (Phi) is 16.4. The maximum Gasteiger partial charge on any atom is 0.335 e. The van der Waals surface area contributed by atoms with Gasteiger partial charge in [0, 0.05) is 0 Å². The summed E-state index contributed by atoms with van der Waals surface area (Å²) in [4.78, 5) is 44.3. The maximum atomic E-state index is 11.9. The molecule has 3 aromatic carbocycles. The van der Waals surface area contributed by atoms with Crippen LogP contribution in [0, 0.1) is 30.6 Å². The average Bonchev–Trinajstić information content (AvgIpc) is 3.13. The first-order chi connectivity index (χ1) is 24.0. The van der Waals surface area contributed by atoms with Gasteiger partial charge < -0.3 is 20.1 Å². The van der Waals surface area contributed by atoms with Gasteiger partial charge in [-0.2, -0.15) is 0 Å². The maximum absolute atomic E-state index is 11.9. The predicted octanol–water partition coefficient (Wildman–Crippen LogP) is 10.2. The van der Waals surface area contributed by atoms with Crippen LogP contribution in [0.3, 0.4) is 0 Å². The molecule has 3 fully saturated rings. The number of aryl methyl sites for hydroxylation is 1. The molecule has 3 aliphatic rings. The van der Waals surface area contributed by atoms with Gasteiger partial charge in [-0.15, -0.1) is 0 Å². The van der Waals surface area contributed by atoms with E-state index in [2.05, 4.69) is 38.1 Å². The van der Waals surface area contributed by atoms with Crippen LogP contribution in [0.25, 0.3) is 0 Å². The van der Waals surface area contributed by atoms with Crippen molar-refractivity contribution in [2.45, 2.75) is 110 Å². The summed E-state index contributed by atoms with van der Waals surface area (Å²) in [5.41, 5.74) is 4.34. The molecule has 0 aromatic heterocycles. The minimum atomic E-state index is -0.844. The molecule has 3 aliphatic carbocycles. The van der Waals surface area contributed by atoms with Gasteiger partial charge in [-0.05, 0) is 124 Å². The number of para-hydroxylation sites is 1. The Balaban J connectivity index is 0.000000205. The lowest BCUT2D eigenvalue weighted by atomic mass is 9.78. The molecular weight excluding hydrogens is 644 g/mol. The highest BCUT2D eigenvalue weighted by Crippen LogP contribution is 2.37. The fourth-order valence-electron chi connectivity index (χ4n) is 7.27. The number of carbonyl (C=O) groups is 4. The van der Waals surface area contributed by atoms with E-state index in [0.717, 1.165) is 31.6 Å². The van der Waals surface area contributed by atoms with E-state index in [9.17, 15) is 19.2 Å². The SMILES string of the molecule is C.CC1CCC(c2ccc(C(=O)O)cc2)CC1.Cc1ccc(C2CCC(C(=O)O)CC2)cc1.O=C(O)C1CCC(C(=O)Oc2ccccc2)CC1. The Hall–Kier alpha value is -4.46. The minimum absolute atomic E-state index is 0. The molecule has 8 nitrogen and oxygen atoms in total. The Bertz CT molecular complexity index is 1510. The van der Waals surface area contributed by atoms with Crippen LogP contribution in [-0.4, -0.2) is 39.2 Å². The van der Waals surface area contributed by atoms with Crippen LogP contribution in [0.4, 0.5) is 0 Å². The average molecular weight is 701 g/mol. The third kappa shape index (κ3) is 13.0. The van der Waals surface area contributed by atoms with E-state index in [0.29, 0.717) is 48.8 Å². The number of hydrogen-bond acceptors (Lipinski definition) is 5. The summed E-state index contributed by atoms with van der Waals surface area (Å²) in [5.74, 6) is -0.443. The zero-order valence-corrected chi connectivity index (χ0v) is 29.3. The molecule has 6 rings (SSSR count). The van der Waals surface area contributed by atoms with E-state index in [1.807, 2.05) is 30.3 Å². The lowest BCUT2D eigenvalue weighted by Crippen LogP contribution is -2.28. The molecule has 0 radical (unpaired) electrons. The first kappa shape index (κ1) is 41.0. The van der Waals surface area contributed by atoms with Crippen LogP contribution < -0.4 is 4.74 Å². The van der Waals surface area contributed by atoms with Gasteiger partial charge in [-0.3, -0.25) is 14.4 Å². The third-order valence-electron chi connectivity index (χ3n) is 10.6. The summed E-state index contributed by atoms with van der Waals surface area (Å²) in [6.07, 6.45) is 11.1. The van der Waals surface area contributed by atoms with Crippen molar-refractivity contribution < 1.29 is 39.2 Å². The van der Waals surface area contributed by atoms with E-state index in [1.165, 1.54) is 42.4 Å². The monoisotopic (exact) mass is 700 g/mol. The molecule has 0 unspecified atom stereocenters. The quantitative estimate of drug-likeness (QED) is 0.164. The largest absolute Gasteiger partial charge is 0.481 e. The molecule has 0 aliphatic heterocycles. The van der Waals surface area contributed by atoms with Crippen molar-refractivity contribution in [3.63, 3.8) is 0 Å². The van der Waals surface area contributed by atoms with Crippen molar-refractivity contribution in [2.75, 3.05) is 0 Å². The highest BCUT2D eigenvalue weighted by molar-refractivity contribution is 5.87. The van der Waals surface area contributed by atoms with Gasteiger partial charge >= 0.3 is 23.9 Å². The van der Waals surface area contributed by atoms with Gasteiger partial charge in [0.2, 0.25) is 0 Å². The zero-order chi connectivity index (χ0) is 36.0. The number of hydrogen-bond donors (Lipinski definition) is 3. The number of benzene rings is 3. The zero-order valence-electron chi connectivity index (χ0n) is 29.3. The van der Waals surface area contributed by atoms with E-state index >= 15 is 0 Å². The number of ether oxygens (including phenoxy) is 1. The van der Waals surface area contributed by atoms with Gasteiger partial charge in [-0.1, -0.05) is 87.4 Å². The molecule has 276 valence electrons. The van der Waals surface area contributed by atoms with Crippen LogP contribution in [0.1, 0.15) is 130 Å². The molecule has 3 N–H and O–H groups in total. The van der Waals surface area contributed by atoms with E-state index < -0.39 is 17.9 Å². The topological polar surface area (TPSA) is 138 Å². The molecule has 0 bridgehead atoms. The molecule has 0 atom stereocenters. The van der Waals surface area contributed by atoms with Gasteiger partial charge in [0.05, 0.1) is 23.3 Å². The third-order valence-corrected chi connectivity index (χ3v) is 10.6. The lowest BCUT2D eigenvalue weighted by Gasteiger charge is -2.26. The van der Waals surface area contributed by atoms with Crippen molar-refractivity contribution in [2.24, 2.45) is 23.7 Å². The number of aromatic carboxylic acids is 1. The first-order valence-electron chi connectivity index (χ1n) is 18.1. The summed E-state index contributed by atoms with van der Waals surface area (Å²) in [7, 11) is 0. The van der Waals surface area contributed by atoms with Crippen LogP contribution in [-0.2, 0) is 14.4 Å². The van der Waals surface area contributed by atoms with Gasteiger partial charge in [0.25, 0.3) is 0 Å². The second-order valence-electron chi connectivity index (χ2n) is 14.3. The summed E-state index contributed by atoms with van der Waals surface area (Å²) in [6, 6.07) is 25.0. The predicted molar refractivity (Wildman–Crippen MR) is 199 cm³/mol. The number of carbonyl (C=O) groups excluding carboxylic acids is 1. The van der Waals surface area contributed by atoms with Crippen LogP contribution >= 0.6 is 0 Å². The molecule has 0 heterocycles. The van der Waals surface area contributed by atoms with Crippen LogP contribution in [0.15, 0.2) is 78.9 Å². The van der Waals surface area contributed by atoms with Crippen molar-refractivity contribution in [1.29, 1.82) is 0 Å².